The van der Waals surface area contributed by atoms with Gasteiger partial charge in [-0.1, -0.05) is 18.2 Å². The van der Waals surface area contributed by atoms with Gasteiger partial charge in [0.25, 0.3) is 11.8 Å². The Labute approximate surface area is 257 Å². The van der Waals surface area contributed by atoms with Gasteiger partial charge in [0.05, 0.1) is 35.8 Å². The van der Waals surface area contributed by atoms with E-state index in [1.54, 1.807) is 25.2 Å². The Hall–Kier alpha value is -4.30. The van der Waals surface area contributed by atoms with Crippen LogP contribution in [0.3, 0.4) is 0 Å². The molecule has 3 aliphatic heterocycles. The third-order valence-corrected chi connectivity index (χ3v) is 8.78. The lowest BCUT2D eigenvalue weighted by molar-refractivity contribution is -0.138. The molecule has 0 aliphatic carbocycles. The number of rotatable bonds is 7. The molecule has 1 aromatic heterocycles. The molecule has 2 aromatic carbocycles. The van der Waals surface area contributed by atoms with Gasteiger partial charge in [-0.2, -0.15) is 13.2 Å². The number of methoxy groups -OCH3 is 1. The van der Waals surface area contributed by atoms with Gasteiger partial charge in [0.15, 0.2) is 0 Å². The molecule has 0 saturated carbocycles. The topological polar surface area (TPSA) is 103 Å². The molecule has 45 heavy (non-hydrogen) atoms. The van der Waals surface area contributed by atoms with Crippen molar-refractivity contribution < 1.29 is 31.9 Å². The molecule has 6 rings (SSSR count). The number of ether oxygens (including phenoxy) is 1. The van der Waals surface area contributed by atoms with Crippen LogP contribution in [0.15, 0.2) is 36.5 Å². The predicted molar refractivity (Wildman–Crippen MR) is 157 cm³/mol. The van der Waals surface area contributed by atoms with E-state index in [0.717, 1.165) is 44.1 Å². The molecule has 2 amide bonds. The highest BCUT2D eigenvalue weighted by molar-refractivity contribution is 5.99. The molecule has 3 aromatic rings. The number of hydrogen-bond donors (Lipinski definition) is 2. The lowest BCUT2D eigenvalue weighted by Gasteiger charge is -2.37. The smallest absolute Gasteiger partial charge is 0.419 e. The van der Waals surface area contributed by atoms with E-state index in [1.807, 2.05) is 7.05 Å². The monoisotopic (exact) mass is 627 g/mol. The Morgan fingerprint density at radius 3 is 2.71 bits per heavy atom. The third-order valence-electron chi connectivity index (χ3n) is 8.78. The molecule has 2 N–H and O–H groups in total. The van der Waals surface area contributed by atoms with Crippen molar-refractivity contribution >= 4 is 23.5 Å². The molecule has 3 aliphatic rings. The van der Waals surface area contributed by atoms with Gasteiger partial charge in [0, 0.05) is 63.5 Å². The van der Waals surface area contributed by atoms with E-state index in [9.17, 15) is 22.8 Å². The molecule has 14 heteroatoms. The minimum absolute atomic E-state index is 0.0237. The highest BCUT2D eigenvalue weighted by atomic mass is 19.4. The van der Waals surface area contributed by atoms with E-state index in [0.29, 0.717) is 23.9 Å². The first-order valence-electron chi connectivity index (χ1n) is 14.6. The number of anilines is 2. The molecule has 238 valence electrons. The van der Waals surface area contributed by atoms with Crippen molar-refractivity contribution in [2.45, 2.75) is 44.2 Å². The number of piperidine rings is 1. The number of alkyl halides is 3. The number of nitrogens with one attached hydrogen (secondary N) is 2. The number of fused-ring (bicyclic) bond motifs is 2. The lowest BCUT2D eigenvalue weighted by Crippen LogP contribution is -2.50. The number of carbonyl (C=O) groups is 2. The Morgan fingerprint density at radius 1 is 1.16 bits per heavy atom. The molecule has 4 heterocycles. The summed E-state index contributed by atoms with van der Waals surface area (Å²) in [6, 6.07) is 7.20. The van der Waals surface area contributed by atoms with Crippen LogP contribution in [-0.4, -0.2) is 89.5 Å². The number of halogens is 4. The summed E-state index contributed by atoms with van der Waals surface area (Å²) in [6.45, 7) is 3.14. The molecular weight excluding hydrogens is 594 g/mol. The maximum atomic E-state index is 15.3. The van der Waals surface area contributed by atoms with Crippen LogP contribution in [-0.2, 0) is 19.1 Å². The van der Waals surface area contributed by atoms with Crippen molar-refractivity contribution in [3.05, 3.63) is 75.9 Å². The summed E-state index contributed by atoms with van der Waals surface area (Å²) in [7, 11) is 5.00. The molecule has 2 atom stereocenters. The normalized spacial score (nSPS) is 20.2. The molecule has 0 radical (unpaired) electrons. The maximum absolute atomic E-state index is 15.3. The van der Waals surface area contributed by atoms with E-state index in [2.05, 4.69) is 30.4 Å². The van der Waals surface area contributed by atoms with Crippen molar-refractivity contribution in [2.24, 2.45) is 0 Å². The van der Waals surface area contributed by atoms with Gasteiger partial charge in [-0.05, 0) is 37.1 Å². The Bertz CT molecular complexity index is 1650. The highest BCUT2D eigenvalue weighted by Gasteiger charge is 2.37. The first-order chi connectivity index (χ1) is 21.4. The number of aromatic nitrogens is 2. The summed E-state index contributed by atoms with van der Waals surface area (Å²) < 4.78 is 62.7. The fraction of sp³-hybridized carbons (Fsp3) is 0.419. The van der Waals surface area contributed by atoms with Crippen LogP contribution in [0.25, 0.3) is 0 Å². The maximum Gasteiger partial charge on any atom is 0.419 e. The third kappa shape index (κ3) is 6.03. The Kier molecular flexibility index (Phi) is 8.12. The summed E-state index contributed by atoms with van der Waals surface area (Å²) >= 11 is 0. The fourth-order valence-corrected chi connectivity index (χ4v) is 6.41. The zero-order chi connectivity index (χ0) is 32.0. The molecule has 2 fully saturated rings. The molecule has 2 unspecified atom stereocenters. The van der Waals surface area contributed by atoms with Crippen molar-refractivity contribution in [3.63, 3.8) is 0 Å². The fourth-order valence-electron chi connectivity index (χ4n) is 6.41. The van der Waals surface area contributed by atoms with Crippen LogP contribution in [0.1, 0.15) is 55.9 Å². The first-order valence-corrected chi connectivity index (χ1v) is 14.6. The lowest BCUT2D eigenvalue weighted by atomic mass is 9.97. The number of amides is 2. The Balaban J connectivity index is 1.24. The van der Waals surface area contributed by atoms with Crippen LogP contribution < -0.4 is 15.4 Å². The molecular formula is C31H33F4N7O3. The van der Waals surface area contributed by atoms with Crippen LogP contribution in [0.2, 0.25) is 0 Å². The summed E-state index contributed by atoms with van der Waals surface area (Å²) in [5, 5.41) is 5.68. The van der Waals surface area contributed by atoms with E-state index in [4.69, 9.17) is 4.74 Å². The molecule has 0 spiro atoms. The number of nitrogens with zero attached hydrogens (tertiary/aromatic N) is 5. The minimum atomic E-state index is -4.75. The van der Waals surface area contributed by atoms with Gasteiger partial charge < -0.3 is 20.3 Å². The number of carbonyl (C=O) groups excluding carboxylic acids is 2. The van der Waals surface area contributed by atoms with E-state index in [1.165, 1.54) is 18.1 Å². The van der Waals surface area contributed by atoms with Gasteiger partial charge in [0.1, 0.15) is 11.6 Å². The zero-order valence-corrected chi connectivity index (χ0v) is 25.0. The predicted octanol–water partition coefficient (Wildman–Crippen LogP) is 4.03. The standard InChI is InChI=1S/C31H33F4N7O3/c1-40-9-10-42-8-7-19(12-26(40)42)37-28(43)20-13-25(45-3)24(14-22(20)32)39-30-36-15-21(31(33,34)35)23(38-30)11-17-5-4-6-18-16-41(2)29(44)27(17)18/h4-6,13-15,19,26H,7-12,16H2,1-3H3,(H,37,43)(H,36,38,39). The number of hydrogen-bond acceptors (Lipinski definition) is 8. The summed E-state index contributed by atoms with van der Waals surface area (Å²) in [6.07, 6.45) is -2.68. The van der Waals surface area contributed by atoms with Crippen LogP contribution in [0, 0.1) is 5.82 Å². The van der Waals surface area contributed by atoms with Gasteiger partial charge in [-0.15, -0.1) is 0 Å². The largest absolute Gasteiger partial charge is 0.495 e. The second-order valence-corrected chi connectivity index (χ2v) is 11.7. The molecule has 2 saturated heterocycles. The summed E-state index contributed by atoms with van der Waals surface area (Å²) in [4.78, 5) is 39.9. The van der Waals surface area contributed by atoms with Crippen LogP contribution >= 0.6 is 0 Å². The van der Waals surface area contributed by atoms with Gasteiger partial charge in [0.2, 0.25) is 5.95 Å². The SMILES string of the molecule is COc1cc(C(=O)NC2CCN3CCN(C)C3C2)c(F)cc1Nc1ncc(C(F)(F)F)c(Cc2cccc3c2C(=O)N(C)C3)n1. The van der Waals surface area contributed by atoms with Crippen molar-refractivity contribution in [1.29, 1.82) is 0 Å². The zero-order valence-electron chi connectivity index (χ0n) is 25.0. The highest BCUT2D eigenvalue weighted by Crippen LogP contribution is 2.35. The average Bonchev–Trinajstić information content (AvgIpc) is 3.50. The van der Waals surface area contributed by atoms with Crippen molar-refractivity contribution in [3.8, 4) is 5.75 Å². The van der Waals surface area contributed by atoms with E-state index in [-0.39, 0.29) is 53.2 Å². The molecule has 10 nitrogen and oxygen atoms in total. The quantitative estimate of drug-likeness (QED) is 0.379. The second-order valence-electron chi connectivity index (χ2n) is 11.7. The summed E-state index contributed by atoms with van der Waals surface area (Å²) in [5.41, 5.74) is -0.117. The number of benzene rings is 2. The average molecular weight is 628 g/mol. The van der Waals surface area contributed by atoms with Crippen LogP contribution in [0.4, 0.5) is 29.2 Å². The van der Waals surface area contributed by atoms with Crippen molar-refractivity contribution in [2.75, 3.05) is 46.2 Å². The Morgan fingerprint density at radius 2 is 1.96 bits per heavy atom. The minimum Gasteiger partial charge on any atom is -0.495 e. The van der Waals surface area contributed by atoms with Gasteiger partial charge in [-0.25, -0.2) is 14.4 Å². The molecule has 0 bridgehead atoms. The van der Waals surface area contributed by atoms with Gasteiger partial charge >= 0.3 is 6.18 Å². The first kappa shape index (κ1) is 30.7. The van der Waals surface area contributed by atoms with E-state index >= 15 is 4.39 Å². The van der Waals surface area contributed by atoms with Gasteiger partial charge in [-0.3, -0.25) is 19.4 Å². The van der Waals surface area contributed by atoms with Crippen molar-refractivity contribution in [1.82, 2.24) is 30.0 Å². The van der Waals surface area contributed by atoms with Crippen LogP contribution in [0.5, 0.6) is 5.75 Å². The summed E-state index contributed by atoms with van der Waals surface area (Å²) in [5.74, 6) is -1.87. The van der Waals surface area contributed by atoms with E-state index < -0.39 is 23.5 Å². The number of likely N-dealkylation sites (N-methyl/N-ethyl adjacent to an activating group) is 1. The second kappa shape index (κ2) is 11.9.